The van der Waals surface area contributed by atoms with Crippen molar-refractivity contribution in [3.05, 3.63) is 36.7 Å². The second kappa shape index (κ2) is 12.4. The molecule has 1 N–H and O–H groups in total. The summed E-state index contributed by atoms with van der Waals surface area (Å²) in [4.78, 5) is 10.9. The predicted octanol–water partition coefficient (Wildman–Crippen LogP) is 5.41. The van der Waals surface area contributed by atoms with Crippen LogP contribution in [-0.4, -0.2) is 12.7 Å². The molecule has 1 unspecified atom stereocenters. The van der Waals surface area contributed by atoms with Gasteiger partial charge in [-0.25, -0.2) is 9.78 Å². The maximum absolute atomic E-state index is 5.62. The smallest absolute Gasteiger partial charge is 0.0958 e. The highest BCUT2D eigenvalue weighted by atomic mass is 17.2. The van der Waals surface area contributed by atoms with E-state index in [0.29, 0.717) is 6.10 Å². The van der Waals surface area contributed by atoms with E-state index in [1.807, 2.05) is 36.7 Å². The molecule has 1 saturated carbocycles. The summed E-state index contributed by atoms with van der Waals surface area (Å²) < 4.78 is 0. The van der Waals surface area contributed by atoms with E-state index in [-0.39, 0.29) is 0 Å². The quantitative estimate of drug-likeness (QED) is 0.655. The van der Waals surface area contributed by atoms with E-state index in [0.717, 1.165) is 18.9 Å². The Labute approximate surface area is 141 Å². The normalized spacial score (nSPS) is 26.5. The van der Waals surface area contributed by atoms with Crippen molar-refractivity contribution >= 4 is 0 Å². The summed E-state index contributed by atoms with van der Waals surface area (Å²) in [5, 5.41) is 2.92. The van der Waals surface area contributed by atoms with Gasteiger partial charge in [-0.15, -0.1) is 0 Å². The van der Waals surface area contributed by atoms with Crippen molar-refractivity contribution in [1.82, 2.24) is 5.32 Å². The first-order chi connectivity index (χ1) is 11.5. The highest BCUT2D eigenvalue weighted by Gasteiger charge is 2.24. The molecule has 130 valence electrons. The van der Waals surface area contributed by atoms with Crippen LogP contribution in [0.25, 0.3) is 0 Å². The fourth-order valence-corrected chi connectivity index (χ4v) is 3.45. The zero-order valence-corrected chi connectivity index (χ0v) is 14.4. The van der Waals surface area contributed by atoms with Gasteiger partial charge in [0.2, 0.25) is 0 Å². The molecule has 0 radical (unpaired) electrons. The van der Waals surface area contributed by atoms with Gasteiger partial charge in [0.1, 0.15) is 0 Å². The van der Waals surface area contributed by atoms with Crippen LogP contribution in [0.5, 0.6) is 0 Å². The van der Waals surface area contributed by atoms with Crippen LogP contribution in [0.2, 0.25) is 0 Å². The fourth-order valence-electron chi connectivity index (χ4n) is 3.45. The lowest BCUT2D eigenvalue weighted by molar-refractivity contribution is -0.339. The third-order valence-corrected chi connectivity index (χ3v) is 4.80. The molecule has 1 saturated heterocycles. The van der Waals surface area contributed by atoms with Gasteiger partial charge < -0.3 is 5.32 Å². The SMILES string of the molecule is C1=CC=CNC=C1.C1CCCC(C2CCCCCOO2)CCC1. The van der Waals surface area contributed by atoms with Gasteiger partial charge in [0.15, 0.2) is 0 Å². The van der Waals surface area contributed by atoms with Crippen molar-refractivity contribution in [2.45, 2.75) is 76.7 Å². The summed E-state index contributed by atoms with van der Waals surface area (Å²) >= 11 is 0. The van der Waals surface area contributed by atoms with E-state index < -0.39 is 0 Å². The first-order valence-corrected chi connectivity index (χ1v) is 9.49. The lowest BCUT2D eigenvalue weighted by Crippen LogP contribution is -2.26. The third kappa shape index (κ3) is 8.38. The Kier molecular flexibility index (Phi) is 9.83. The molecule has 3 nitrogen and oxygen atoms in total. The third-order valence-electron chi connectivity index (χ3n) is 4.80. The Hall–Kier alpha value is -1.06. The van der Waals surface area contributed by atoms with E-state index in [4.69, 9.17) is 9.78 Å². The van der Waals surface area contributed by atoms with E-state index >= 15 is 0 Å². The minimum atomic E-state index is 0.387. The van der Waals surface area contributed by atoms with Gasteiger partial charge in [0, 0.05) is 12.4 Å². The average Bonchev–Trinajstić information content (AvgIpc) is 2.81. The number of allylic oxidation sites excluding steroid dienone is 4. The summed E-state index contributed by atoms with van der Waals surface area (Å²) in [5.41, 5.74) is 0. The summed E-state index contributed by atoms with van der Waals surface area (Å²) in [6, 6.07) is 0. The molecule has 0 aromatic heterocycles. The van der Waals surface area contributed by atoms with Crippen LogP contribution >= 0.6 is 0 Å². The summed E-state index contributed by atoms with van der Waals surface area (Å²) in [6.45, 7) is 0.795. The number of rotatable bonds is 1. The lowest BCUT2D eigenvalue weighted by atomic mass is 9.85. The van der Waals surface area contributed by atoms with Crippen molar-refractivity contribution in [3.8, 4) is 0 Å². The summed E-state index contributed by atoms with van der Waals surface area (Å²) in [6.07, 6.45) is 26.8. The average molecular weight is 319 g/mol. The second-order valence-corrected chi connectivity index (χ2v) is 6.68. The van der Waals surface area contributed by atoms with Crippen LogP contribution in [-0.2, 0) is 9.78 Å². The molecule has 1 atom stereocenters. The Balaban J connectivity index is 0.000000229. The summed E-state index contributed by atoms with van der Waals surface area (Å²) in [5.74, 6) is 0.762. The lowest BCUT2D eigenvalue weighted by Gasteiger charge is -2.29. The minimum absolute atomic E-state index is 0.387. The van der Waals surface area contributed by atoms with Crippen LogP contribution in [0.4, 0.5) is 0 Å². The molecule has 0 amide bonds. The number of hydrogen-bond donors (Lipinski definition) is 1. The van der Waals surface area contributed by atoms with Gasteiger partial charge in [-0.2, -0.15) is 0 Å². The van der Waals surface area contributed by atoms with Gasteiger partial charge in [0.05, 0.1) is 12.7 Å². The van der Waals surface area contributed by atoms with Crippen molar-refractivity contribution < 1.29 is 9.78 Å². The highest BCUT2D eigenvalue weighted by molar-refractivity contribution is 5.14. The Bertz CT molecular complexity index is 326. The van der Waals surface area contributed by atoms with Gasteiger partial charge in [0.25, 0.3) is 0 Å². The molecule has 2 fully saturated rings. The zero-order valence-electron chi connectivity index (χ0n) is 14.4. The molecular formula is C20H33NO2. The van der Waals surface area contributed by atoms with E-state index in [9.17, 15) is 0 Å². The largest absolute Gasteiger partial charge is 0.368 e. The maximum Gasteiger partial charge on any atom is 0.0958 e. The molecule has 1 aliphatic carbocycles. The van der Waals surface area contributed by atoms with E-state index in [1.54, 1.807) is 0 Å². The van der Waals surface area contributed by atoms with E-state index in [2.05, 4.69) is 5.32 Å². The zero-order chi connectivity index (χ0) is 16.0. The topological polar surface area (TPSA) is 30.5 Å². The number of nitrogens with one attached hydrogen (secondary N) is 1. The molecule has 0 aromatic rings. The molecule has 2 aliphatic heterocycles. The molecule has 2 heterocycles. The molecule has 3 rings (SSSR count). The van der Waals surface area contributed by atoms with Gasteiger partial charge in [-0.3, -0.25) is 0 Å². The predicted molar refractivity (Wildman–Crippen MR) is 95.7 cm³/mol. The second-order valence-electron chi connectivity index (χ2n) is 6.68. The monoisotopic (exact) mass is 319 g/mol. The first-order valence-electron chi connectivity index (χ1n) is 9.49. The Morgan fingerprint density at radius 1 is 0.652 bits per heavy atom. The molecule has 0 spiro atoms. The maximum atomic E-state index is 5.62. The summed E-state index contributed by atoms with van der Waals surface area (Å²) in [7, 11) is 0. The molecule has 3 heteroatoms. The molecular weight excluding hydrogens is 286 g/mol. The Morgan fingerprint density at radius 3 is 2.00 bits per heavy atom. The van der Waals surface area contributed by atoms with Gasteiger partial charge >= 0.3 is 0 Å². The van der Waals surface area contributed by atoms with Crippen LogP contribution in [0.1, 0.15) is 70.6 Å². The Morgan fingerprint density at radius 2 is 1.26 bits per heavy atom. The van der Waals surface area contributed by atoms with Crippen LogP contribution in [0.15, 0.2) is 36.7 Å². The standard InChI is InChI=1S/C14H26O2.C6H7N/c1-2-5-9-13(10-6-3-1)14-11-7-4-8-12-15-16-14;1-2-4-6-7-5-3-1/h13-14H,1-12H2;1-7H. The van der Waals surface area contributed by atoms with Gasteiger partial charge in [-0.05, 0) is 43.8 Å². The molecule has 23 heavy (non-hydrogen) atoms. The molecule has 3 aliphatic rings. The van der Waals surface area contributed by atoms with E-state index in [1.165, 1.54) is 64.2 Å². The first kappa shape index (κ1) is 18.3. The minimum Gasteiger partial charge on any atom is -0.368 e. The number of hydrogen-bond acceptors (Lipinski definition) is 3. The van der Waals surface area contributed by atoms with Crippen molar-refractivity contribution in [2.24, 2.45) is 5.92 Å². The van der Waals surface area contributed by atoms with Crippen molar-refractivity contribution in [3.63, 3.8) is 0 Å². The molecule has 0 aromatic carbocycles. The molecule has 0 bridgehead atoms. The van der Waals surface area contributed by atoms with Crippen LogP contribution in [0, 0.1) is 5.92 Å². The fraction of sp³-hybridized carbons (Fsp3) is 0.700. The highest BCUT2D eigenvalue weighted by Crippen LogP contribution is 2.29. The van der Waals surface area contributed by atoms with Crippen molar-refractivity contribution in [1.29, 1.82) is 0 Å². The van der Waals surface area contributed by atoms with Crippen molar-refractivity contribution in [2.75, 3.05) is 6.61 Å². The van der Waals surface area contributed by atoms with Gasteiger partial charge in [-0.1, -0.05) is 57.1 Å². The van der Waals surface area contributed by atoms with Crippen LogP contribution < -0.4 is 5.32 Å². The van der Waals surface area contributed by atoms with Crippen LogP contribution in [0.3, 0.4) is 0 Å².